The quantitative estimate of drug-likeness (QED) is 0.697. The second kappa shape index (κ2) is 2.96. The van der Waals surface area contributed by atoms with Gasteiger partial charge in [-0.25, -0.2) is 0 Å². The van der Waals surface area contributed by atoms with Crippen molar-refractivity contribution in [3.8, 4) is 0 Å². The molecule has 1 saturated heterocycles. The zero-order valence-electron chi connectivity index (χ0n) is 8.80. The van der Waals surface area contributed by atoms with E-state index in [0.29, 0.717) is 5.92 Å². The fourth-order valence-corrected chi connectivity index (χ4v) is 3.35. The highest BCUT2D eigenvalue weighted by Crippen LogP contribution is 2.51. The standard InChI is InChI=1S/C12H20O2/c13-12(6-2-7-12)10-3-8-14-11(9-10)4-1-5-11/h10,13H,1-9H2. The lowest BCUT2D eigenvalue weighted by Gasteiger charge is -2.53. The SMILES string of the molecule is OC1(C2CCOC3(CCC3)C2)CCC1. The Hall–Kier alpha value is -0.0800. The molecule has 0 amide bonds. The van der Waals surface area contributed by atoms with Crippen LogP contribution in [0.25, 0.3) is 0 Å². The van der Waals surface area contributed by atoms with Gasteiger partial charge in [0, 0.05) is 6.61 Å². The monoisotopic (exact) mass is 196 g/mol. The van der Waals surface area contributed by atoms with E-state index in [1.807, 2.05) is 0 Å². The van der Waals surface area contributed by atoms with E-state index in [2.05, 4.69) is 0 Å². The Labute approximate surface area is 85.6 Å². The van der Waals surface area contributed by atoms with Crippen molar-refractivity contribution in [1.29, 1.82) is 0 Å². The van der Waals surface area contributed by atoms with E-state index in [0.717, 1.165) is 32.3 Å². The van der Waals surface area contributed by atoms with E-state index in [-0.39, 0.29) is 11.2 Å². The van der Waals surface area contributed by atoms with Gasteiger partial charge >= 0.3 is 0 Å². The third-order valence-electron chi connectivity index (χ3n) is 4.74. The van der Waals surface area contributed by atoms with Gasteiger partial charge in [0.1, 0.15) is 0 Å². The van der Waals surface area contributed by atoms with Gasteiger partial charge in [0.2, 0.25) is 0 Å². The average Bonchev–Trinajstić information content (AvgIpc) is 2.12. The van der Waals surface area contributed by atoms with Crippen LogP contribution >= 0.6 is 0 Å². The molecule has 0 aromatic heterocycles. The molecule has 3 fully saturated rings. The molecule has 2 nitrogen and oxygen atoms in total. The Bertz CT molecular complexity index is 220. The highest BCUT2D eigenvalue weighted by atomic mass is 16.5. The summed E-state index contributed by atoms with van der Waals surface area (Å²) in [5.74, 6) is 0.533. The summed E-state index contributed by atoms with van der Waals surface area (Å²) in [5.41, 5.74) is -0.0966. The number of ether oxygens (including phenoxy) is 1. The molecule has 1 atom stereocenters. The summed E-state index contributed by atoms with van der Waals surface area (Å²) in [6.07, 6.45) is 9.30. The van der Waals surface area contributed by atoms with Gasteiger partial charge in [-0.05, 0) is 57.3 Å². The minimum absolute atomic E-state index is 0.203. The number of aliphatic hydroxyl groups is 1. The molecule has 0 aromatic carbocycles. The van der Waals surface area contributed by atoms with Crippen LogP contribution in [-0.2, 0) is 4.74 Å². The molecule has 2 saturated carbocycles. The zero-order valence-corrected chi connectivity index (χ0v) is 8.80. The Kier molecular flexibility index (Phi) is 1.94. The van der Waals surface area contributed by atoms with Gasteiger partial charge in [-0.1, -0.05) is 0 Å². The molecule has 1 spiro atoms. The summed E-state index contributed by atoms with van der Waals surface area (Å²) in [6.45, 7) is 0.882. The lowest BCUT2D eigenvalue weighted by atomic mass is 9.62. The molecule has 3 rings (SSSR count). The molecule has 1 unspecified atom stereocenters. The molecule has 1 aliphatic heterocycles. The van der Waals surface area contributed by atoms with Crippen LogP contribution in [0.2, 0.25) is 0 Å². The van der Waals surface area contributed by atoms with Crippen molar-refractivity contribution in [3.63, 3.8) is 0 Å². The Morgan fingerprint density at radius 3 is 2.29 bits per heavy atom. The van der Waals surface area contributed by atoms with E-state index in [1.54, 1.807) is 0 Å². The summed E-state index contributed by atoms with van der Waals surface area (Å²) >= 11 is 0. The second-order valence-corrected chi connectivity index (χ2v) is 5.53. The van der Waals surface area contributed by atoms with Crippen LogP contribution in [0.4, 0.5) is 0 Å². The zero-order chi connectivity index (χ0) is 9.65. The first kappa shape index (κ1) is 9.17. The summed E-state index contributed by atoms with van der Waals surface area (Å²) in [6, 6.07) is 0. The van der Waals surface area contributed by atoms with Gasteiger partial charge in [-0.3, -0.25) is 0 Å². The van der Waals surface area contributed by atoms with Gasteiger partial charge in [0.05, 0.1) is 11.2 Å². The van der Waals surface area contributed by atoms with Crippen molar-refractivity contribution in [1.82, 2.24) is 0 Å². The van der Waals surface area contributed by atoms with Crippen molar-refractivity contribution < 1.29 is 9.84 Å². The first-order valence-corrected chi connectivity index (χ1v) is 6.09. The molecule has 2 aliphatic carbocycles. The highest BCUT2D eigenvalue weighted by Gasteiger charge is 2.50. The van der Waals surface area contributed by atoms with Crippen LogP contribution in [0, 0.1) is 5.92 Å². The summed E-state index contributed by atoms with van der Waals surface area (Å²) in [5, 5.41) is 10.3. The first-order valence-electron chi connectivity index (χ1n) is 6.09. The van der Waals surface area contributed by atoms with Crippen LogP contribution in [-0.4, -0.2) is 22.9 Å². The predicted octanol–water partition coefficient (Wildman–Crippen LogP) is 2.25. The van der Waals surface area contributed by atoms with Crippen LogP contribution in [0.1, 0.15) is 51.4 Å². The second-order valence-electron chi connectivity index (χ2n) is 5.53. The molecule has 14 heavy (non-hydrogen) atoms. The molecule has 0 aromatic rings. The van der Waals surface area contributed by atoms with E-state index in [9.17, 15) is 5.11 Å². The van der Waals surface area contributed by atoms with Crippen molar-refractivity contribution in [2.75, 3.05) is 6.61 Å². The third-order valence-corrected chi connectivity index (χ3v) is 4.74. The van der Waals surface area contributed by atoms with Crippen LogP contribution < -0.4 is 0 Å². The lowest BCUT2D eigenvalue weighted by molar-refractivity contribution is -0.190. The van der Waals surface area contributed by atoms with E-state index < -0.39 is 0 Å². The Morgan fingerprint density at radius 1 is 1.07 bits per heavy atom. The first-order chi connectivity index (χ1) is 6.73. The molecule has 1 N–H and O–H groups in total. The van der Waals surface area contributed by atoms with Crippen LogP contribution in [0.5, 0.6) is 0 Å². The molecule has 1 heterocycles. The molecule has 3 aliphatic rings. The van der Waals surface area contributed by atoms with Gasteiger partial charge in [-0.15, -0.1) is 0 Å². The van der Waals surface area contributed by atoms with Gasteiger partial charge in [0.15, 0.2) is 0 Å². The van der Waals surface area contributed by atoms with E-state index >= 15 is 0 Å². The van der Waals surface area contributed by atoms with Crippen molar-refractivity contribution in [2.24, 2.45) is 5.92 Å². The van der Waals surface area contributed by atoms with Gasteiger partial charge < -0.3 is 9.84 Å². The smallest absolute Gasteiger partial charge is 0.0686 e. The Balaban J connectivity index is 1.69. The normalized spacial score (nSPS) is 38.8. The minimum atomic E-state index is -0.299. The van der Waals surface area contributed by atoms with Gasteiger partial charge in [0.25, 0.3) is 0 Å². The lowest BCUT2D eigenvalue weighted by Crippen LogP contribution is -2.54. The summed E-state index contributed by atoms with van der Waals surface area (Å²) in [7, 11) is 0. The number of rotatable bonds is 1. The predicted molar refractivity (Wildman–Crippen MR) is 54.1 cm³/mol. The van der Waals surface area contributed by atoms with E-state index in [4.69, 9.17) is 4.74 Å². The van der Waals surface area contributed by atoms with Crippen molar-refractivity contribution in [3.05, 3.63) is 0 Å². The minimum Gasteiger partial charge on any atom is -0.390 e. The molecule has 2 heteroatoms. The number of hydrogen-bond acceptors (Lipinski definition) is 2. The third kappa shape index (κ3) is 1.24. The van der Waals surface area contributed by atoms with E-state index in [1.165, 1.54) is 25.7 Å². The average molecular weight is 196 g/mol. The highest BCUT2D eigenvalue weighted by molar-refractivity contribution is 5.02. The van der Waals surface area contributed by atoms with Gasteiger partial charge in [-0.2, -0.15) is 0 Å². The maximum Gasteiger partial charge on any atom is 0.0686 e. The maximum absolute atomic E-state index is 10.3. The van der Waals surface area contributed by atoms with Crippen LogP contribution in [0.3, 0.4) is 0 Å². The fourth-order valence-electron chi connectivity index (χ4n) is 3.35. The fraction of sp³-hybridized carbons (Fsp3) is 1.00. The summed E-state index contributed by atoms with van der Waals surface area (Å²) < 4.78 is 5.88. The molecular weight excluding hydrogens is 176 g/mol. The largest absolute Gasteiger partial charge is 0.390 e. The topological polar surface area (TPSA) is 29.5 Å². The van der Waals surface area contributed by atoms with Crippen molar-refractivity contribution >= 4 is 0 Å². The van der Waals surface area contributed by atoms with Crippen LogP contribution in [0.15, 0.2) is 0 Å². The van der Waals surface area contributed by atoms with Crippen molar-refractivity contribution in [2.45, 2.75) is 62.6 Å². The molecule has 0 radical (unpaired) electrons. The Morgan fingerprint density at radius 2 is 1.79 bits per heavy atom. The maximum atomic E-state index is 10.3. The number of hydrogen-bond donors (Lipinski definition) is 1. The molecular formula is C12H20O2. The summed E-state index contributed by atoms with van der Waals surface area (Å²) in [4.78, 5) is 0. The molecule has 0 bridgehead atoms. The molecule has 80 valence electrons.